The van der Waals surface area contributed by atoms with Crippen molar-refractivity contribution in [1.82, 2.24) is 0 Å². The summed E-state index contributed by atoms with van der Waals surface area (Å²) in [5, 5.41) is 0. The zero-order chi connectivity index (χ0) is 5.70. The Kier molecular flexibility index (Phi) is 3.67. The monoisotopic (exact) mass is 102 g/mol. The Hall–Kier alpha value is -0.330. The van der Waals surface area contributed by atoms with E-state index in [1.165, 1.54) is 5.57 Å². The van der Waals surface area contributed by atoms with E-state index in [9.17, 15) is 4.39 Å². The van der Waals surface area contributed by atoms with E-state index in [0.29, 0.717) is 6.42 Å². The van der Waals surface area contributed by atoms with Gasteiger partial charge in [-0.1, -0.05) is 11.6 Å². The zero-order valence-electron chi connectivity index (χ0n) is 4.87. The topological polar surface area (TPSA) is 0 Å². The van der Waals surface area contributed by atoms with Gasteiger partial charge in [-0.25, -0.2) is 0 Å². The van der Waals surface area contributed by atoms with Gasteiger partial charge in [0.25, 0.3) is 0 Å². The van der Waals surface area contributed by atoms with Gasteiger partial charge in [0.1, 0.15) is 0 Å². The maximum Gasteiger partial charge on any atom is 0.0928 e. The van der Waals surface area contributed by atoms with Crippen LogP contribution in [-0.2, 0) is 0 Å². The number of hydrogen-bond acceptors (Lipinski definition) is 0. The summed E-state index contributed by atoms with van der Waals surface area (Å²) in [5.41, 5.74) is 1.19. The minimum atomic E-state index is -0.231. The fraction of sp³-hybridized carbons (Fsp3) is 0.667. The van der Waals surface area contributed by atoms with Crippen molar-refractivity contribution in [3.63, 3.8) is 0 Å². The molecule has 0 N–H and O–H groups in total. The van der Waals surface area contributed by atoms with Gasteiger partial charge >= 0.3 is 0 Å². The SMILES string of the molecule is CC(C)=CCCF. The van der Waals surface area contributed by atoms with Crippen molar-refractivity contribution in [3.8, 4) is 0 Å². The third kappa shape index (κ3) is 5.67. The second-order valence-corrected chi connectivity index (χ2v) is 1.76. The summed E-state index contributed by atoms with van der Waals surface area (Å²) in [6, 6.07) is 0. The van der Waals surface area contributed by atoms with Crippen molar-refractivity contribution in [2.45, 2.75) is 20.3 Å². The minimum absolute atomic E-state index is 0.231. The number of rotatable bonds is 2. The highest BCUT2D eigenvalue weighted by atomic mass is 19.1. The highest BCUT2D eigenvalue weighted by Crippen LogP contribution is 1.91. The van der Waals surface area contributed by atoms with Crippen LogP contribution in [0.4, 0.5) is 4.39 Å². The average Bonchev–Trinajstić information content (AvgIpc) is 1.61. The van der Waals surface area contributed by atoms with Crippen LogP contribution >= 0.6 is 0 Å². The third-order valence-corrected chi connectivity index (χ3v) is 0.662. The van der Waals surface area contributed by atoms with E-state index in [2.05, 4.69) is 0 Å². The zero-order valence-corrected chi connectivity index (χ0v) is 4.87. The molecule has 0 nitrogen and oxygen atoms in total. The van der Waals surface area contributed by atoms with Crippen LogP contribution in [0, 0.1) is 0 Å². The van der Waals surface area contributed by atoms with Crippen molar-refractivity contribution in [3.05, 3.63) is 11.6 Å². The van der Waals surface area contributed by atoms with Gasteiger partial charge in [0, 0.05) is 0 Å². The fourth-order valence-corrected chi connectivity index (χ4v) is 0.343. The maximum absolute atomic E-state index is 11.3. The van der Waals surface area contributed by atoms with Crippen LogP contribution in [0.3, 0.4) is 0 Å². The lowest BCUT2D eigenvalue weighted by Gasteiger charge is -1.83. The fourth-order valence-electron chi connectivity index (χ4n) is 0.343. The molecule has 0 aromatic carbocycles. The summed E-state index contributed by atoms with van der Waals surface area (Å²) in [4.78, 5) is 0. The Labute approximate surface area is 44.0 Å². The van der Waals surface area contributed by atoms with Gasteiger partial charge in [0.05, 0.1) is 6.67 Å². The second-order valence-electron chi connectivity index (χ2n) is 1.76. The highest BCUT2D eigenvalue weighted by molar-refractivity contribution is 4.92. The lowest BCUT2D eigenvalue weighted by atomic mass is 10.3. The third-order valence-electron chi connectivity index (χ3n) is 0.662. The summed E-state index contributed by atoms with van der Waals surface area (Å²) in [6.45, 7) is 3.70. The van der Waals surface area contributed by atoms with Crippen LogP contribution in [0.5, 0.6) is 0 Å². The molecule has 7 heavy (non-hydrogen) atoms. The Morgan fingerprint density at radius 2 is 2.14 bits per heavy atom. The molecular formula is C6H11F. The molecule has 0 radical (unpaired) electrons. The normalized spacial score (nSPS) is 8.43. The van der Waals surface area contributed by atoms with Crippen molar-refractivity contribution in [2.24, 2.45) is 0 Å². The quantitative estimate of drug-likeness (QED) is 0.469. The predicted molar refractivity (Wildman–Crippen MR) is 30.0 cm³/mol. The first kappa shape index (κ1) is 6.67. The van der Waals surface area contributed by atoms with Crippen LogP contribution < -0.4 is 0 Å². The van der Waals surface area contributed by atoms with E-state index in [1.54, 1.807) is 0 Å². The van der Waals surface area contributed by atoms with Gasteiger partial charge in [0.15, 0.2) is 0 Å². The summed E-state index contributed by atoms with van der Waals surface area (Å²) in [6.07, 6.45) is 2.46. The standard InChI is InChI=1S/C6H11F/c1-6(2)4-3-5-7/h4H,3,5H2,1-2H3. The van der Waals surface area contributed by atoms with Gasteiger partial charge < -0.3 is 0 Å². The first-order chi connectivity index (χ1) is 3.27. The number of alkyl halides is 1. The van der Waals surface area contributed by atoms with E-state index >= 15 is 0 Å². The van der Waals surface area contributed by atoms with Crippen LogP contribution in [0.2, 0.25) is 0 Å². The summed E-state index contributed by atoms with van der Waals surface area (Å²) < 4.78 is 11.3. The van der Waals surface area contributed by atoms with Crippen molar-refractivity contribution >= 4 is 0 Å². The van der Waals surface area contributed by atoms with Crippen LogP contribution in [0.15, 0.2) is 11.6 Å². The van der Waals surface area contributed by atoms with Gasteiger partial charge in [-0.2, -0.15) is 0 Å². The van der Waals surface area contributed by atoms with Crippen molar-refractivity contribution < 1.29 is 4.39 Å². The Bertz CT molecular complexity index is 60.6. The molecule has 0 spiro atoms. The Morgan fingerprint density at radius 3 is 2.29 bits per heavy atom. The molecule has 0 amide bonds. The molecule has 0 unspecified atom stereocenters. The largest absolute Gasteiger partial charge is 0.251 e. The van der Waals surface area contributed by atoms with E-state index in [4.69, 9.17) is 0 Å². The molecule has 1 heteroatoms. The molecule has 0 bridgehead atoms. The molecule has 0 aromatic rings. The molecule has 0 fully saturated rings. The van der Waals surface area contributed by atoms with Gasteiger partial charge in [0.2, 0.25) is 0 Å². The molecule has 0 saturated heterocycles. The Morgan fingerprint density at radius 1 is 1.57 bits per heavy atom. The molecule has 0 aliphatic rings. The van der Waals surface area contributed by atoms with E-state index in [0.717, 1.165) is 0 Å². The van der Waals surface area contributed by atoms with Crippen molar-refractivity contribution in [2.75, 3.05) is 6.67 Å². The van der Waals surface area contributed by atoms with Crippen LogP contribution in [0.25, 0.3) is 0 Å². The van der Waals surface area contributed by atoms with Gasteiger partial charge in [-0.3, -0.25) is 4.39 Å². The van der Waals surface area contributed by atoms with Gasteiger partial charge in [-0.15, -0.1) is 0 Å². The smallest absolute Gasteiger partial charge is 0.0928 e. The lowest BCUT2D eigenvalue weighted by molar-refractivity contribution is 0.500. The molecule has 0 heterocycles. The molecule has 0 aromatic heterocycles. The predicted octanol–water partition coefficient (Wildman–Crippen LogP) is 2.31. The molecule has 0 atom stereocenters. The summed E-state index contributed by atoms with van der Waals surface area (Å²) >= 11 is 0. The first-order valence-corrected chi connectivity index (χ1v) is 2.46. The highest BCUT2D eigenvalue weighted by Gasteiger charge is 1.75. The van der Waals surface area contributed by atoms with Crippen molar-refractivity contribution in [1.29, 1.82) is 0 Å². The molecule has 0 aliphatic carbocycles. The van der Waals surface area contributed by atoms with E-state index in [1.807, 2.05) is 19.9 Å². The summed E-state index contributed by atoms with van der Waals surface area (Å²) in [7, 11) is 0. The van der Waals surface area contributed by atoms with E-state index < -0.39 is 0 Å². The van der Waals surface area contributed by atoms with Crippen LogP contribution in [-0.4, -0.2) is 6.67 Å². The molecule has 0 aliphatic heterocycles. The average molecular weight is 102 g/mol. The molecule has 0 rings (SSSR count). The lowest BCUT2D eigenvalue weighted by Crippen LogP contribution is -1.69. The Balaban J connectivity index is 3.08. The van der Waals surface area contributed by atoms with E-state index in [-0.39, 0.29) is 6.67 Å². The molecular weight excluding hydrogens is 91.1 g/mol. The summed E-state index contributed by atoms with van der Waals surface area (Å²) in [5.74, 6) is 0. The minimum Gasteiger partial charge on any atom is -0.251 e. The molecule has 42 valence electrons. The first-order valence-electron chi connectivity index (χ1n) is 2.46. The number of allylic oxidation sites excluding steroid dienone is 2. The van der Waals surface area contributed by atoms with Crippen LogP contribution in [0.1, 0.15) is 20.3 Å². The maximum atomic E-state index is 11.3. The number of halogens is 1. The second kappa shape index (κ2) is 3.85. The number of hydrogen-bond donors (Lipinski definition) is 0. The van der Waals surface area contributed by atoms with Gasteiger partial charge in [-0.05, 0) is 20.3 Å². The molecule has 0 saturated carbocycles.